The monoisotopic (exact) mass is 353 g/mol. The second-order valence-corrected chi connectivity index (χ2v) is 6.57. The van der Waals surface area contributed by atoms with Crippen molar-refractivity contribution in [2.45, 2.75) is 13.5 Å². The number of para-hydroxylation sites is 1. The molecule has 3 nitrogen and oxygen atoms in total. The number of pyridine rings is 1. The van der Waals surface area contributed by atoms with Gasteiger partial charge in [0, 0.05) is 10.9 Å². The van der Waals surface area contributed by atoms with E-state index >= 15 is 0 Å². The molecule has 27 heavy (non-hydrogen) atoms. The molecule has 0 aliphatic carbocycles. The van der Waals surface area contributed by atoms with Crippen molar-refractivity contribution in [1.82, 2.24) is 4.57 Å². The minimum atomic E-state index is -0.246. The van der Waals surface area contributed by atoms with Crippen LogP contribution < -0.4 is 5.56 Å². The predicted molar refractivity (Wildman–Crippen MR) is 109 cm³/mol. The maximum atomic E-state index is 13.4. The molecule has 1 heterocycles. The zero-order chi connectivity index (χ0) is 18.8. The number of carbonyl (C=O) groups is 1. The molecule has 0 bridgehead atoms. The van der Waals surface area contributed by atoms with E-state index in [0.29, 0.717) is 12.1 Å². The molecule has 0 amide bonds. The number of benzene rings is 3. The summed E-state index contributed by atoms with van der Waals surface area (Å²) >= 11 is 0. The van der Waals surface area contributed by atoms with Gasteiger partial charge in [0.15, 0.2) is 5.78 Å². The zero-order valence-corrected chi connectivity index (χ0v) is 15.1. The van der Waals surface area contributed by atoms with Crippen LogP contribution in [-0.2, 0) is 6.54 Å². The molecule has 132 valence electrons. The van der Waals surface area contributed by atoms with Crippen LogP contribution in [0.25, 0.3) is 22.0 Å². The number of aromatic nitrogens is 1. The first kappa shape index (κ1) is 17.0. The molecule has 0 spiro atoms. The maximum absolute atomic E-state index is 13.4. The van der Waals surface area contributed by atoms with E-state index in [1.807, 2.05) is 84.9 Å². The largest absolute Gasteiger partial charge is 0.303 e. The molecule has 0 saturated carbocycles. The van der Waals surface area contributed by atoms with Crippen LogP contribution in [-0.4, -0.2) is 10.4 Å². The molecule has 0 saturated heterocycles. The SMILES string of the molecule is CC(=O)c1c(-c2ccccc2)c2ccccc2n(Cc2ccccc2)c1=O. The molecule has 0 atom stereocenters. The highest BCUT2D eigenvalue weighted by molar-refractivity contribution is 6.08. The number of carbonyl (C=O) groups excluding carboxylic acids is 1. The first-order valence-corrected chi connectivity index (χ1v) is 8.92. The van der Waals surface area contributed by atoms with Gasteiger partial charge in [-0.05, 0) is 24.1 Å². The van der Waals surface area contributed by atoms with E-state index in [0.717, 1.165) is 22.0 Å². The number of ketones is 1. The molecule has 1 aromatic heterocycles. The Morgan fingerprint density at radius 2 is 1.41 bits per heavy atom. The molecule has 0 radical (unpaired) electrons. The second-order valence-electron chi connectivity index (χ2n) is 6.57. The fourth-order valence-electron chi connectivity index (χ4n) is 3.56. The van der Waals surface area contributed by atoms with Gasteiger partial charge in [-0.2, -0.15) is 0 Å². The summed E-state index contributed by atoms with van der Waals surface area (Å²) in [5.41, 5.74) is 3.44. The zero-order valence-electron chi connectivity index (χ0n) is 15.1. The van der Waals surface area contributed by atoms with Gasteiger partial charge in [0.2, 0.25) is 0 Å². The van der Waals surface area contributed by atoms with Crippen LogP contribution in [0.15, 0.2) is 89.7 Å². The fraction of sp³-hybridized carbons (Fsp3) is 0.0833. The molecule has 3 aromatic carbocycles. The topological polar surface area (TPSA) is 39.1 Å². The molecular formula is C24H19NO2. The van der Waals surface area contributed by atoms with Gasteiger partial charge < -0.3 is 4.57 Å². The lowest BCUT2D eigenvalue weighted by Gasteiger charge is -2.17. The summed E-state index contributed by atoms with van der Waals surface area (Å²) in [4.78, 5) is 25.9. The lowest BCUT2D eigenvalue weighted by Crippen LogP contribution is -2.27. The van der Waals surface area contributed by atoms with Gasteiger partial charge in [0.05, 0.1) is 17.6 Å². The van der Waals surface area contributed by atoms with Gasteiger partial charge in [0.1, 0.15) is 0 Å². The first-order valence-electron chi connectivity index (χ1n) is 8.92. The van der Waals surface area contributed by atoms with E-state index in [2.05, 4.69) is 0 Å². The normalized spacial score (nSPS) is 10.9. The van der Waals surface area contributed by atoms with E-state index in [4.69, 9.17) is 0 Å². The summed E-state index contributed by atoms with van der Waals surface area (Å²) in [5, 5.41) is 0.907. The van der Waals surface area contributed by atoms with Crippen LogP contribution in [0.1, 0.15) is 22.8 Å². The van der Waals surface area contributed by atoms with Crippen LogP contribution in [0.2, 0.25) is 0 Å². The first-order chi connectivity index (χ1) is 13.2. The summed E-state index contributed by atoms with van der Waals surface area (Å²) in [7, 11) is 0. The van der Waals surface area contributed by atoms with E-state index in [1.54, 1.807) is 4.57 Å². The van der Waals surface area contributed by atoms with Crippen molar-refractivity contribution in [3.63, 3.8) is 0 Å². The fourth-order valence-corrected chi connectivity index (χ4v) is 3.56. The summed E-state index contributed by atoms with van der Waals surface area (Å²) in [6.45, 7) is 1.89. The second kappa shape index (κ2) is 7.04. The third kappa shape index (κ3) is 3.08. The Kier molecular flexibility index (Phi) is 4.43. The van der Waals surface area contributed by atoms with Crippen molar-refractivity contribution in [3.05, 3.63) is 106 Å². The van der Waals surface area contributed by atoms with Crippen LogP contribution in [0, 0.1) is 0 Å². The highest BCUT2D eigenvalue weighted by Crippen LogP contribution is 2.31. The van der Waals surface area contributed by atoms with Crippen LogP contribution >= 0.6 is 0 Å². The van der Waals surface area contributed by atoms with Gasteiger partial charge in [-0.25, -0.2) is 0 Å². The van der Waals surface area contributed by atoms with E-state index in [9.17, 15) is 9.59 Å². The molecule has 0 aliphatic rings. The lowest BCUT2D eigenvalue weighted by molar-refractivity contribution is 0.101. The van der Waals surface area contributed by atoms with Crippen molar-refractivity contribution in [1.29, 1.82) is 0 Å². The summed E-state index contributed by atoms with van der Waals surface area (Å²) in [6, 6.07) is 27.2. The van der Waals surface area contributed by atoms with Crippen molar-refractivity contribution in [2.24, 2.45) is 0 Å². The quantitative estimate of drug-likeness (QED) is 0.489. The molecule has 0 aliphatic heterocycles. The molecule has 0 unspecified atom stereocenters. The van der Waals surface area contributed by atoms with Gasteiger partial charge in [-0.1, -0.05) is 78.9 Å². The van der Waals surface area contributed by atoms with E-state index in [-0.39, 0.29) is 16.9 Å². The van der Waals surface area contributed by atoms with Crippen molar-refractivity contribution in [3.8, 4) is 11.1 Å². The number of Topliss-reactive ketones (excluding diaryl/α,β-unsaturated/α-hetero) is 1. The third-order valence-corrected chi connectivity index (χ3v) is 4.77. The van der Waals surface area contributed by atoms with Gasteiger partial charge in [-0.15, -0.1) is 0 Å². The minimum Gasteiger partial charge on any atom is -0.303 e. The Morgan fingerprint density at radius 3 is 2.07 bits per heavy atom. The van der Waals surface area contributed by atoms with Crippen LogP contribution in [0.3, 0.4) is 0 Å². The van der Waals surface area contributed by atoms with Gasteiger partial charge >= 0.3 is 0 Å². The van der Waals surface area contributed by atoms with Crippen molar-refractivity contribution >= 4 is 16.7 Å². The van der Waals surface area contributed by atoms with Gasteiger partial charge in [-0.3, -0.25) is 9.59 Å². The van der Waals surface area contributed by atoms with Crippen LogP contribution in [0.5, 0.6) is 0 Å². The lowest BCUT2D eigenvalue weighted by atomic mass is 9.94. The van der Waals surface area contributed by atoms with Crippen molar-refractivity contribution in [2.75, 3.05) is 0 Å². The minimum absolute atomic E-state index is 0.216. The Morgan fingerprint density at radius 1 is 0.815 bits per heavy atom. The Bertz CT molecular complexity index is 1180. The number of nitrogens with zero attached hydrogens (tertiary/aromatic N) is 1. The molecule has 0 fully saturated rings. The number of fused-ring (bicyclic) bond motifs is 1. The van der Waals surface area contributed by atoms with Gasteiger partial charge in [0.25, 0.3) is 5.56 Å². The summed E-state index contributed by atoms with van der Waals surface area (Å²) in [6.07, 6.45) is 0. The summed E-state index contributed by atoms with van der Waals surface area (Å²) in [5.74, 6) is -0.216. The smallest absolute Gasteiger partial charge is 0.262 e. The number of hydrogen-bond acceptors (Lipinski definition) is 2. The predicted octanol–water partition coefficient (Wildman–Crippen LogP) is 4.92. The number of hydrogen-bond donors (Lipinski definition) is 0. The highest BCUT2D eigenvalue weighted by atomic mass is 16.1. The average Bonchev–Trinajstić information content (AvgIpc) is 2.71. The third-order valence-electron chi connectivity index (χ3n) is 4.77. The highest BCUT2D eigenvalue weighted by Gasteiger charge is 2.20. The molecular weight excluding hydrogens is 334 g/mol. The standard InChI is InChI=1S/C24H19NO2/c1-17(26)22-23(19-12-6-3-7-13-19)20-14-8-9-15-21(20)25(24(22)27)16-18-10-4-2-5-11-18/h2-15H,16H2,1H3. The number of rotatable bonds is 4. The Balaban J connectivity index is 2.09. The van der Waals surface area contributed by atoms with Crippen LogP contribution in [0.4, 0.5) is 0 Å². The Labute approximate surface area is 157 Å². The van der Waals surface area contributed by atoms with E-state index < -0.39 is 0 Å². The maximum Gasteiger partial charge on any atom is 0.262 e. The molecule has 0 N–H and O–H groups in total. The molecule has 4 rings (SSSR count). The average molecular weight is 353 g/mol. The summed E-state index contributed by atoms with van der Waals surface area (Å²) < 4.78 is 1.70. The Hall–Kier alpha value is -3.46. The van der Waals surface area contributed by atoms with E-state index in [1.165, 1.54) is 6.92 Å². The molecule has 4 aromatic rings. The van der Waals surface area contributed by atoms with Crippen molar-refractivity contribution < 1.29 is 4.79 Å². The molecule has 3 heteroatoms.